The van der Waals surface area contributed by atoms with Gasteiger partial charge in [-0.25, -0.2) is 4.98 Å². The molecule has 0 aliphatic carbocycles. The molecule has 1 fully saturated rings. The maximum absolute atomic E-state index is 14.1. The Labute approximate surface area is 241 Å². The maximum Gasteiger partial charge on any atom is 0.303 e. The zero-order valence-electron chi connectivity index (χ0n) is 22.8. The minimum Gasteiger partial charge on any atom is -0.481 e. The van der Waals surface area contributed by atoms with E-state index in [1.807, 2.05) is 73.7 Å². The molecule has 10 heteroatoms. The van der Waals surface area contributed by atoms with Gasteiger partial charge < -0.3 is 15.3 Å². The zero-order chi connectivity index (χ0) is 28.9. The molecular weight excluding hydrogens is 540 g/mol. The van der Waals surface area contributed by atoms with Crippen molar-refractivity contribution in [2.24, 2.45) is 0 Å². The topological polar surface area (TPSA) is 122 Å². The van der Waals surface area contributed by atoms with E-state index in [-0.39, 0.29) is 42.8 Å². The van der Waals surface area contributed by atoms with Crippen LogP contribution in [0.4, 0.5) is 0 Å². The van der Waals surface area contributed by atoms with Gasteiger partial charge in [0.25, 0.3) is 5.56 Å². The summed E-state index contributed by atoms with van der Waals surface area (Å²) in [6, 6.07) is 20.9. The minimum absolute atomic E-state index is 0.101. The standard InChI is InChI=1S/C31H32N4O5S/c1-2-34-29(39)24-17-21-11-6-7-12-22(21)18-25(24)33-31(34)41-28(20-9-4-3-5-10-20)30(40)35-16-8-13-23(35)19-32-26(36)14-15-27(37)38/h3-7,9-12,17-18,23,28H,2,8,13-16,19H2,1H3,(H,32,36)(H,37,38)/t23-,28?/m0/s1. The number of carbonyl (C=O) groups excluding carboxylic acids is 2. The average Bonchev–Trinajstić information content (AvgIpc) is 3.46. The van der Waals surface area contributed by atoms with E-state index in [1.165, 1.54) is 11.8 Å². The number of nitrogens with one attached hydrogen (secondary N) is 1. The second-order valence-electron chi connectivity index (χ2n) is 10.1. The van der Waals surface area contributed by atoms with Gasteiger partial charge in [0.05, 0.1) is 17.3 Å². The van der Waals surface area contributed by atoms with Crippen molar-refractivity contribution in [3.05, 3.63) is 82.6 Å². The number of carbonyl (C=O) groups is 3. The summed E-state index contributed by atoms with van der Waals surface area (Å²) >= 11 is 1.27. The lowest BCUT2D eigenvalue weighted by molar-refractivity contribution is -0.138. The third-order valence-corrected chi connectivity index (χ3v) is 8.65. The lowest BCUT2D eigenvalue weighted by Gasteiger charge is -2.29. The quantitative estimate of drug-likeness (QED) is 0.164. The molecule has 5 rings (SSSR count). The number of carboxylic acids is 1. The SMILES string of the molecule is CCn1c(SC(C(=O)N2CCC[C@H]2CNC(=O)CCC(=O)O)c2ccccc2)nc2cc3ccccc3cc2c1=O. The molecule has 2 atom stereocenters. The van der Waals surface area contributed by atoms with Gasteiger partial charge in [-0.05, 0) is 48.2 Å². The normalized spacial score (nSPS) is 15.7. The van der Waals surface area contributed by atoms with Crippen molar-refractivity contribution in [2.45, 2.75) is 55.6 Å². The van der Waals surface area contributed by atoms with Crippen molar-refractivity contribution >= 4 is 51.2 Å². The molecule has 1 unspecified atom stereocenters. The largest absolute Gasteiger partial charge is 0.481 e. The van der Waals surface area contributed by atoms with Crippen LogP contribution in [0.2, 0.25) is 0 Å². The molecule has 3 aromatic carbocycles. The first-order valence-electron chi connectivity index (χ1n) is 13.8. The van der Waals surface area contributed by atoms with Crippen molar-refractivity contribution in [2.75, 3.05) is 13.1 Å². The molecule has 0 bridgehead atoms. The van der Waals surface area contributed by atoms with Crippen LogP contribution < -0.4 is 10.9 Å². The highest BCUT2D eigenvalue weighted by Crippen LogP contribution is 2.38. The molecule has 1 aliphatic rings. The summed E-state index contributed by atoms with van der Waals surface area (Å²) in [4.78, 5) is 57.4. The van der Waals surface area contributed by atoms with Crippen LogP contribution in [0.1, 0.15) is 43.4 Å². The number of benzene rings is 3. The number of nitrogens with zero attached hydrogens (tertiary/aromatic N) is 3. The van der Waals surface area contributed by atoms with Gasteiger partial charge in [0.2, 0.25) is 11.8 Å². The Bertz CT molecular complexity index is 1660. The number of fused-ring (bicyclic) bond motifs is 2. The molecule has 2 N–H and O–H groups in total. The van der Waals surface area contributed by atoms with Crippen LogP contribution in [0.5, 0.6) is 0 Å². The van der Waals surface area contributed by atoms with Gasteiger partial charge in [0, 0.05) is 32.1 Å². The number of likely N-dealkylation sites (tertiary alicyclic amines) is 1. The highest BCUT2D eigenvalue weighted by atomic mass is 32.2. The van der Waals surface area contributed by atoms with Gasteiger partial charge in [-0.1, -0.05) is 66.4 Å². The molecule has 1 aromatic heterocycles. The second-order valence-corrected chi connectivity index (χ2v) is 11.2. The van der Waals surface area contributed by atoms with Crippen molar-refractivity contribution in [1.29, 1.82) is 0 Å². The lowest BCUT2D eigenvalue weighted by Crippen LogP contribution is -2.44. The van der Waals surface area contributed by atoms with Crippen LogP contribution in [-0.4, -0.2) is 56.5 Å². The Morgan fingerprint density at radius 2 is 1.76 bits per heavy atom. The fourth-order valence-corrected chi connectivity index (χ4v) is 6.51. The molecule has 0 radical (unpaired) electrons. The Morgan fingerprint density at radius 3 is 2.46 bits per heavy atom. The molecule has 1 aliphatic heterocycles. The first-order valence-corrected chi connectivity index (χ1v) is 14.7. The smallest absolute Gasteiger partial charge is 0.303 e. The highest BCUT2D eigenvalue weighted by Gasteiger charge is 2.35. The summed E-state index contributed by atoms with van der Waals surface area (Å²) < 4.78 is 1.62. The Kier molecular flexibility index (Phi) is 8.68. The molecule has 4 aromatic rings. The first-order chi connectivity index (χ1) is 19.9. The summed E-state index contributed by atoms with van der Waals surface area (Å²) in [5.74, 6) is -1.49. The van der Waals surface area contributed by atoms with Crippen LogP contribution in [-0.2, 0) is 20.9 Å². The van der Waals surface area contributed by atoms with Crippen molar-refractivity contribution in [3.8, 4) is 0 Å². The summed E-state index contributed by atoms with van der Waals surface area (Å²) in [6.45, 7) is 3.11. The van der Waals surface area contributed by atoms with E-state index in [0.29, 0.717) is 29.1 Å². The molecule has 9 nitrogen and oxygen atoms in total. The number of carboxylic acid groups (broad SMARTS) is 1. The maximum atomic E-state index is 14.1. The summed E-state index contributed by atoms with van der Waals surface area (Å²) in [5.41, 5.74) is 1.24. The third-order valence-electron chi connectivity index (χ3n) is 7.41. The van der Waals surface area contributed by atoms with Gasteiger partial charge in [-0.15, -0.1) is 0 Å². The second kappa shape index (κ2) is 12.6. The van der Waals surface area contributed by atoms with Crippen molar-refractivity contribution in [1.82, 2.24) is 19.8 Å². The fourth-order valence-electron chi connectivity index (χ4n) is 5.28. The van der Waals surface area contributed by atoms with E-state index in [9.17, 15) is 19.2 Å². The molecule has 212 valence electrons. The average molecular weight is 573 g/mol. The number of aliphatic carboxylic acids is 1. The molecule has 2 heterocycles. The molecule has 0 spiro atoms. The molecular formula is C31H32N4O5S. The number of hydrogen-bond acceptors (Lipinski definition) is 6. The molecule has 1 saturated heterocycles. The number of thioether (sulfide) groups is 1. The van der Waals surface area contributed by atoms with Crippen LogP contribution in [0, 0.1) is 0 Å². The monoisotopic (exact) mass is 572 g/mol. The van der Waals surface area contributed by atoms with Crippen LogP contribution in [0.3, 0.4) is 0 Å². The van der Waals surface area contributed by atoms with E-state index in [4.69, 9.17) is 10.1 Å². The molecule has 41 heavy (non-hydrogen) atoms. The van der Waals surface area contributed by atoms with Gasteiger partial charge >= 0.3 is 5.97 Å². The van der Waals surface area contributed by atoms with Gasteiger partial charge in [0.1, 0.15) is 5.25 Å². The summed E-state index contributed by atoms with van der Waals surface area (Å²) in [6.07, 6.45) is 1.20. The van der Waals surface area contributed by atoms with Crippen LogP contribution >= 0.6 is 11.8 Å². The van der Waals surface area contributed by atoms with E-state index in [0.717, 1.165) is 29.2 Å². The number of rotatable bonds is 10. The Hall–Kier alpha value is -4.18. The fraction of sp³-hybridized carbons (Fsp3) is 0.323. The molecule has 0 saturated carbocycles. The number of hydrogen-bond donors (Lipinski definition) is 2. The Balaban J connectivity index is 1.46. The number of amides is 2. The first kappa shape index (κ1) is 28.4. The lowest BCUT2D eigenvalue weighted by atomic mass is 10.1. The van der Waals surface area contributed by atoms with Crippen molar-refractivity contribution in [3.63, 3.8) is 0 Å². The summed E-state index contributed by atoms with van der Waals surface area (Å²) in [5, 5.41) is 13.9. The third kappa shape index (κ3) is 6.27. The Morgan fingerprint density at radius 1 is 1.05 bits per heavy atom. The van der Waals surface area contributed by atoms with Gasteiger partial charge in [-0.3, -0.25) is 23.7 Å². The van der Waals surface area contributed by atoms with E-state index in [2.05, 4.69) is 5.32 Å². The van der Waals surface area contributed by atoms with E-state index >= 15 is 0 Å². The highest BCUT2D eigenvalue weighted by molar-refractivity contribution is 8.00. The van der Waals surface area contributed by atoms with Crippen LogP contribution in [0.25, 0.3) is 21.7 Å². The molecule has 2 amide bonds. The van der Waals surface area contributed by atoms with Crippen LogP contribution in [0.15, 0.2) is 76.7 Å². The van der Waals surface area contributed by atoms with E-state index in [1.54, 1.807) is 9.47 Å². The predicted molar refractivity (Wildman–Crippen MR) is 159 cm³/mol. The predicted octanol–water partition coefficient (Wildman–Crippen LogP) is 4.38. The van der Waals surface area contributed by atoms with Crippen molar-refractivity contribution < 1.29 is 19.5 Å². The number of aromatic nitrogens is 2. The zero-order valence-corrected chi connectivity index (χ0v) is 23.6. The van der Waals surface area contributed by atoms with E-state index < -0.39 is 11.2 Å². The summed E-state index contributed by atoms with van der Waals surface area (Å²) in [7, 11) is 0. The van der Waals surface area contributed by atoms with Gasteiger partial charge in [-0.2, -0.15) is 0 Å². The minimum atomic E-state index is -1.03. The van der Waals surface area contributed by atoms with Gasteiger partial charge in [0.15, 0.2) is 5.16 Å².